The third kappa shape index (κ3) is 4.81. The fraction of sp³-hybridized carbons (Fsp3) is 0.409. The van der Waals surface area contributed by atoms with E-state index in [2.05, 4.69) is 44.6 Å². The minimum Gasteiger partial charge on any atom is -0.382 e. The molecule has 10 heteroatoms. The lowest BCUT2D eigenvalue weighted by atomic mass is 10.0. The van der Waals surface area contributed by atoms with Gasteiger partial charge in [0.15, 0.2) is 11.6 Å². The van der Waals surface area contributed by atoms with Crippen LogP contribution < -0.4 is 21.9 Å². The number of aryl methyl sites for hydroxylation is 1. The van der Waals surface area contributed by atoms with Crippen molar-refractivity contribution >= 4 is 33.9 Å². The van der Waals surface area contributed by atoms with Gasteiger partial charge in [-0.2, -0.15) is 0 Å². The first kappa shape index (κ1) is 22.0. The Kier molecular flexibility index (Phi) is 6.81. The molecule has 1 fully saturated rings. The van der Waals surface area contributed by atoms with Crippen molar-refractivity contribution < 1.29 is 9.22 Å². The van der Waals surface area contributed by atoms with Crippen molar-refractivity contribution in [2.24, 2.45) is 0 Å². The molecule has 0 aliphatic carbocycles. The van der Waals surface area contributed by atoms with Crippen LogP contribution >= 0.6 is 0 Å². The van der Waals surface area contributed by atoms with E-state index in [4.69, 9.17) is 15.5 Å². The highest BCUT2D eigenvalue weighted by Gasteiger charge is 2.17. The third-order valence-corrected chi connectivity index (χ3v) is 5.68. The highest BCUT2D eigenvalue weighted by Crippen LogP contribution is 2.31. The number of benzene rings is 1. The molecule has 1 aromatic carbocycles. The second-order valence-corrected chi connectivity index (χ2v) is 7.89. The molecule has 2 aromatic heterocycles. The van der Waals surface area contributed by atoms with Crippen molar-refractivity contribution in [1.82, 2.24) is 19.9 Å². The summed E-state index contributed by atoms with van der Waals surface area (Å²) in [7, 11) is 0. The number of hydrogen-bond acceptors (Lipinski definition) is 9. The molecule has 0 spiro atoms. The zero-order valence-electron chi connectivity index (χ0n) is 18.4. The van der Waals surface area contributed by atoms with Gasteiger partial charge in [-0.1, -0.05) is 18.2 Å². The number of anilines is 4. The Morgan fingerprint density at radius 1 is 1.22 bits per heavy atom. The number of rotatable bonds is 8. The van der Waals surface area contributed by atoms with E-state index in [0.29, 0.717) is 0 Å². The number of aromatic nitrogens is 3. The van der Waals surface area contributed by atoms with Crippen LogP contribution in [-0.2, 0) is 4.74 Å². The smallest absolute Gasteiger partial charge is 0.158 e. The second kappa shape index (κ2) is 9.92. The maximum Gasteiger partial charge on any atom is 0.158 e. The van der Waals surface area contributed by atoms with Crippen LogP contribution in [0.25, 0.3) is 10.8 Å². The minimum absolute atomic E-state index is 0.0137. The van der Waals surface area contributed by atoms with Gasteiger partial charge in [-0.25, -0.2) is 20.5 Å². The number of ether oxygens (including phenoxy) is 1. The predicted octanol–water partition coefficient (Wildman–Crippen LogP) is 3.13. The van der Waals surface area contributed by atoms with Crippen LogP contribution in [0.4, 0.5) is 27.6 Å². The summed E-state index contributed by atoms with van der Waals surface area (Å²) in [6.45, 7) is 9.18. The molecular weight excluding hydrogens is 411 g/mol. The van der Waals surface area contributed by atoms with Crippen molar-refractivity contribution in [3.05, 3.63) is 41.9 Å². The number of nitrogens with zero attached hydrogens (tertiary/aromatic N) is 4. The van der Waals surface area contributed by atoms with Crippen molar-refractivity contribution in [3.8, 4) is 0 Å². The number of pyridine rings is 1. The summed E-state index contributed by atoms with van der Waals surface area (Å²) >= 11 is 0. The zero-order chi connectivity index (χ0) is 22.5. The monoisotopic (exact) mass is 440 g/mol. The first-order chi connectivity index (χ1) is 15.6. The number of nitrogen functional groups attached to an aromatic ring is 1. The summed E-state index contributed by atoms with van der Waals surface area (Å²) in [6.07, 6.45) is 1.29. The van der Waals surface area contributed by atoms with Crippen LogP contribution in [-0.4, -0.2) is 59.2 Å². The highest BCUT2D eigenvalue weighted by molar-refractivity contribution is 5.95. The lowest BCUT2D eigenvalue weighted by Gasteiger charge is -2.26. The van der Waals surface area contributed by atoms with Gasteiger partial charge in [0.05, 0.1) is 24.9 Å². The van der Waals surface area contributed by atoms with E-state index in [0.717, 1.165) is 67.2 Å². The molecule has 5 N–H and O–H groups in total. The van der Waals surface area contributed by atoms with Gasteiger partial charge in [0, 0.05) is 31.6 Å². The topological polar surface area (TPSA) is 113 Å². The number of hydrogen-bond donors (Lipinski definition) is 4. The molecule has 1 unspecified atom stereocenters. The summed E-state index contributed by atoms with van der Waals surface area (Å²) in [5.74, 6) is 1.15. The van der Waals surface area contributed by atoms with Gasteiger partial charge < -0.3 is 21.1 Å². The molecule has 1 aliphatic rings. The van der Waals surface area contributed by atoms with Crippen LogP contribution in [0.1, 0.15) is 24.2 Å². The molecule has 170 valence electrons. The van der Waals surface area contributed by atoms with Crippen molar-refractivity contribution in [2.45, 2.75) is 19.9 Å². The maximum absolute atomic E-state index is 13.2. The molecule has 3 heterocycles. The normalized spacial score (nSPS) is 15.5. The third-order valence-electron chi connectivity index (χ3n) is 5.68. The fourth-order valence-corrected chi connectivity index (χ4v) is 3.90. The van der Waals surface area contributed by atoms with Crippen LogP contribution in [0, 0.1) is 6.92 Å². The van der Waals surface area contributed by atoms with Gasteiger partial charge in [0.1, 0.15) is 17.8 Å². The minimum atomic E-state index is -0.249. The molecule has 0 bridgehead atoms. The van der Waals surface area contributed by atoms with Gasteiger partial charge in [-0.05, 0) is 30.9 Å². The molecule has 4 rings (SSSR count). The van der Waals surface area contributed by atoms with Gasteiger partial charge in [0.2, 0.25) is 0 Å². The molecule has 1 saturated heterocycles. The number of halogens is 1. The van der Waals surface area contributed by atoms with E-state index < -0.39 is 0 Å². The molecular formula is C22H29FN8O. The molecule has 1 aliphatic heterocycles. The van der Waals surface area contributed by atoms with Crippen molar-refractivity contribution in [3.63, 3.8) is 0 Å². The number of fused-ring (bicyclic) bond motifs is 1. The van der Waals surface area contributed by atoms with E-state index in [-0.39, 0.29) is 23.4 Å². The van der Waals surface area contributed by atoms with E-state index in [1.54, 1.807) is 5.54 Å². The summed E-state index contributed by atoms with van der Waals surface area (Å²) in [6, 6.07) is 7.99. The SMILES string of the molecule is Cc1cccc2cc(C(C)Nc3ncnc(N)c3NF)nc(NCCN3CCOCC3)c12. The summed E-state index contributed by atoms with van der Waals surface area (Å²) in [5, 5.41) is 8.90. The summed E-state index contributed by atoms with van der Waals surface area (Å²) in [5.41, 5.74) is 9.29. The van der Waals surface area contributed by atoms with Crippen LogP contribution in [0.5, 0.6) is 0 Å². The Bertz CT molecular complexity index is 1070. The second-order valence-electron chi connectivity index (χ2n) is 7.89. The largest absolute Gasteiger partial charge is 0.382 e. The lowest BCUT2D eigenvalue weighted by Crippen LogP contribution is -2.39. The summed E-state index contributed by atoms with van der Waals surface area (Å²) < 4.78 is 18.6. The quantitative estimate of drug-likeness (QED) is 0.392. The van der Waals surface area contributed by atoms with Crippen molar-refractivity contribution in [2.75, 3.05) is 61.3 Å². The number of morpholine rings is 1. The Morgan fingerprint density at radius 3 is 2.81 bits per heavy atom. The first-order valence-corrected chi connectivity index (χ1v) is 10.7. The Morgan fingerprint density at radius 2 is 2.03 bits per heavy atom. The average molecular weight is 441 g/mol. The fourth-order valence-electron chi connectivity index (χ4n) is 3.90. The predicted molar refractivity (Wildman–Crippen MR) is 125 cm³/mol. The maximum atomic E-state index is 13.2. The first-order valence-electron chi connectivity index (χ1n) is 10.7. The molecule has 9 nitrogen and oxygen atoms in total. The molecule has 0 radical (unpaired) electrons. The number of nitrogens with one attached hydrogen (secondary N) is 3. The highest BCUT2D eigenvalue weighted by atomic mass is 19.2. The van der Waals surface area contributed by atoms with Gasteiger partial charge >= 0.3 is 0 Å². The molecule has 0 amide bonds. The molecule has 1 atom stereocenters. The van der Waals surface area contributed by atoms with E-state index in [1.165, 1.54) is 6.33 Å². The molecule has 3 aromatic rings. The Labute approximate surface area is 186 Å². The standard InChI is InChI=1S/C22H29FN8O/c1-14-4-3-5-16-12-17(15(2)28-22-19(30-23)20(24)26-13-27-22)29-21(18(14)16)25-6-7-31-8-10-32-11-9-31/h3-5,12-13,15,30H,6-11H2,1-2H3,(H,25,29)(H3,24,26,27,28). The molecule has 0 saturated carbocycles. The van der Waals surface area contributed by atoms with E-state index in [9.17, 15) is 4.48 Å². The van der Waals surface area contributed by atoms with Crippen molar-refractivity contribution in [1.29, 1.82) is 0 Å². The van der Waals surface area contributed by atoms with Gasteiger partial charge in [0.25, 0.3) is 0 Å². The molecule has 32 heavy (non-hydrogen) atoms. The average Bonchev–Trinajstić information content (AvgIpc) is 2.80. The van der Waals surface area contributed by atoms with Gasteiger partial charge in [-0.15, -0.1) is 4.48 Å². The van der Waals surface area contributed by atoms with Crippen LogP contribution in [0.3, 0.4) is 0 Å². The summed E-state index contributed by atoms with van der Waals surface area (Å²) in [4.78, 5) is 15.2. The van der Waals surface area contributed by atoms with Gasteiger partial charge in [-0.3, -0.25) is 4.90 Å². The van der Waals surface area contributed by atoms with E-state index in [1.807, 2.05) is 19.1 Å². The lowest BCUT2D eigenvalue weighted by molar-refractivity contribution is 0.0398. The van der Waals surface area contributed by atoms with Crippen LogP contribution in [0.2, 0.25) is 0 Å². The van der Waals surface area contributed by atoms with E-state index >= 15 is 0 Å². The number of nitrogens with two attached hydrogens (primary N) is 1. The zero-order valence-corrected chi connectivity index (χ0v) is 18.4. The van der Waals surface area contributed by atoms with Crippen LogP contribution in [0.15, 0.2) is 30.6 Å². The Hall–Kier alpha value is -3.24. The Balaban J connectivity index is 1.58.